The fourth-order valence-corrected chi connectivity index (χ4v) is 1.54. The average Bonchev–Trinajstić information content (AvgIpc) is 2.71. The van der Waals surface area contributed by atoms with E-state index in [1.54, 1.807) is 13.1 Å². The van der Waals surface area contributed by atoms with E-state index in [1.165, 1.54) is 0 Å². The van der Waals surface area contributed by atoms with Crippen LogP contribution in [0.25, 0.3) is 0 Å². The van der Waals surface area contributed by atoms with Gasteiger partial charge in [-0.15, -0.1) is 0 Å². The van der Waals surface area contributed by atoms with Crippen LogP contribution in [0.1, 0.15) is 31.9 Å². The van der Waals surface area contributed by atoms with Crippen LogP contribution < -0.4 is 10.6 Å². The van der Waals surface area contributed by atoms with E-state index in [0.717, 1.165) is 0 Å². The Morgan fingerprint density at radius 3 is 2.63 bits per heavy atom. The van der Waals surface area contributed by atoms with Gasteiger partial charge < -0.3 is 20.2 Å². The highest BCUT2D eigenvalue weighted by molar-refractivity contribution is 5.82. The normalized spacial score (nSPS) is 12.2. The topological polar surface area (TPSA) is 104 Å². The van der Waals surface area contributed by atoms with E-state index >= 15 is 0 Å². The zero-order valence-electron chi connectivity index (χ0n) is 11.3. The van der Waals surface area contributed by atoms with Crippen molar-refractivity contribution in [2.45, 2.75) is 39.8 Å². The maximum Gasteiger partial charge on any atom is 0.326 e. The quantitative estimate of drug-likeness (QED) is 0.721. The molecule has 0 aliphatic carbocycles. The summed E-state index contributed by atoms with van der Waals surface area (Å²) in [5, 5.41) is 13.9. The van der Waals surface area contributed by atoms with E-state index in [9.17, 15) is 9.59 Å². The Morgan fingerprint density at radius 2 is 2.16 bits per heavy atom. The molecule has 106 valence electrons. The summed E-state index contributed by atoms with van der Waals surface area (Å²) in [5.41, 5.74) is 0. The minimum atomic E-state index is -1.05. The lowest BCUT2D eigenvalue weighted by molar-refractivity contribution is -0.139. The smallest absolute Gasteiger partial charge is 0.326 e. The third-order valence-electron chi connectivity index (χ3n) is 2.38. The summed E-state index contributed by atoms with van der Waals surface area (Å²) < 4.78 is 5.18. The molecule has 0 radical (unpaired) electrons. The third-order valence-corrected chi connectivity index (χ3v) is 2.38. The zero-order valence-corrected chi connectivity index (χ0v) is 11.3. The molecule has 0 saturated carbocycles. The molecular formula is C12H19N3O4. The Balaban J connectivity index is 2.42. The van der Waals surface area contributed by atoms with Crippen LogP contribution in [0, 0.1) is 12.8 Å². The standard InChI is InChI=1S/C12H19N3O4/c1-7(2)4-9(11(16)17)15-12(18)14-6-10-13-5-8(3)19-10/h5,7,9H,4,6H2,1-3H3,(H,16,17)(H2,14,15,18). The Hall–Kier alpha value is -2.05. The van der Waals surface area contributed by atoms with Crippen molar-refractivity contribution in [1.29, 1.82) is 0 Å². The number of aliphatic carboxylic acids is 1. The monoisotopic (exact) mass is 269 g/mol. The molecule has 1 unspecified atom stereocenters. The molecule has 0 aliphatic rings. The Kier molecular flexibility index (Phi) is 5.35. The molecule has 0 saturated heterocycles. The SMILES string of the molecule is Cc1cnc(CNC(=O)NC(CC(C)C)C(=O)O)o1. The maximum absolute atomic E-state index is 11.6. The molecule has 1 atom stereocenters. The first-order valence-electron chi connectivity index (χ1n) is 6.07. The van der Waals surface area contributed by atoms with Gasteiger partial charge in [0.05, 0.1) is 12.7 Å². The molecular weight excluding hydrogens is 250 g/mol. The molecule has 7 heteroatoms. The van der Waals surface area contributed by atoms with Crippen molar-refractivity contribution in [2.24, 2.45) is 5.92 Å². The molecule has 1 rings (SSSR count). The van der Waals surface area contributed by atoms with Gasteiger partial charge in [-0.3, -0.25) is 0 Å². The van der Waals surface area contributed by atoms with Crippen molar-refractivity contribution in [2.75, 3.05) is 0 Å². The summed E-state index contributed by atoms with van der Waals surface area (Å²) in [6.07, 6.45) is 1.93. The number of urea groups is 1. The van der Waals surface area contributed by atoms with Gasteiger partial charge in [-0.05, 0) is 19.3 Å². The molecule has 2 amide bonds. The fourth-order valence-electron chi connectivity index (χ4n) is 1.54. The van der Waals surface area contributed by atoms with Gasteiger partial charge in [-0.2, -0.15) is 0 Å². The summed E-state index contributed by atoms with van der Waals surface area (Å²) in [6, 6.07) is -1.45. The second kappa shape index (κ2) is 6.77. The molecule has 3 N–H and O–H groups in total. The molecule has 1 aromatic heterocycles. The van der Waals surface area contributed by atoms with Gasteiger partial charge in [0.15, 0.2) is 0 Å². The number of carbonyl (C=O) groups excluding carboxylic acids is 1. The van der Waals surface area contributed by atoms with E-state index in [1.807, 2.05) is 13.8 Å². The number of oxazole rings is 1. The highest BCUT2D eigenvalue weighted by Crippen LogP contribution is 2.05. The summed E-state index contributed by atoms with van der Waals surface area (Å²) in [5.74, 6) is 0.162. The molecule has 1 heterocycles. The third kappa shape index (κ3) is 5.41. The number of amides is 2. The lowest BCUT2D eigenvalue weighted by Crippen LogP contribution is -2.46. The van der Waals surface area contributed by atoms with Gasteiger partial charge >= 0.3 is 12.0 Å². The zero-order chi connectivity index (χ0) is 14.4. The van der Waals surface area contributed by atoms with E-state index in [0.29, 0.717) is 18.1 Å². The first-order chi connectivity index (χ1) is 8.88. The van der Waals surface area contributed by atoms with Crippen LogP contribution in [0.3, 0.4) is 0 Å². The highest BCUT2D eigenvalue weighted by atomic mass is 16.4. The minimum absolute atomic E-state index is 0.119. The van der Waals surface area contributed by atoms with Crippen LogP contribution in [-0.2, 0) is 11.3 Å². The second-order valence-corrected chi connectivity index (χ2v) is 4.71. The van der Waals surface area contributed by atoms with Crippen molar-refractivity contribution in [3.8, 4) is 0 Å². The molecule has 7 nitrogen and oxygen atoms in total. The number of hydrogen-bond acceptors (Lipinski definition) is 4. The Labute approximate surface area is 111 Å². The number of aryl methyl sites for hydroxylation is 1. The van der Waals surface area contributed by atoms with Crippen LogP contribution in [0.5, 0.6) is 0 Å². The molecule has 0 aliphatic heterocycles. The number of carbonyl (C=O) groups is 2. The fraction of sp³-hybridized carbons (Fsp3) is 0.583. The van der Waals surface area contributed by atoms with Crippen LogP contribution in [0.4, 0.5) is 4.79 Å². The molecule has 0 spiro atoms. The van der Waals surface area contributed by atoms with Gasteiger partial charge in [-0.25, -0.2) is 14.6 Å². The summed E-state index contributed by atoms with van der Waals surface area (Å²) in [4.78, 5) is 26.5. The van der Waals surface area contributed by atoms with E-state index in [-0.39, 0.29) is 12.5 Å². The lowest BCUT2D eigenvalue weighted by Gasteiger charge is -2.16. The molecule has 0 aromatic carbocycles. The summed E-state index contributed by atoms with van der Waals surface area (Å²) >= 11 is 0. The number of hydrogen-bond donors (Lipinski definition) is 3. The Bertz CT molecular complexity index is 442. The predicted molar refractivity (Wildman–Crippen MR) is 67.5 cm³/mol. The number of carboxylic acids is 1. The number of carboxylic acid groups (broad SMARTS) is 1. The van der Waals surface area contributed by atoms with Crippen molar-refractivity contribution in [3.05, 3.63) is 17.8 Å². The van der Waals surface area contributed by atoms with E-state index in [4.69, 9.17) is 9.52 Å². The van der Waals surface area contributed by atoms with E-state index < -0.39 is 18.0 Å². The predicted octanol–water partition coefficient (Wildman–Crippen LogP) is 1.28. The number of nitrogens with zero attached hydrogens (tertiary/aromatic N) is 1. The maximum atomic E-state index is 11.6. The molecule has 1 aromatic rings. The van der Waals surface area contributed by atoms with Crippen LogP contribution >= 0.6 is 0 Å². The number of aromatic nitrogens is 1. The van der Waals surface area contributed by atoms with Crippen molar-refractivity contribution >= 4 is 12.0 Å². The van der Waals surface area contributed by atoms with Gasteiger partial charge in [0.1, 0.15) is 11.8 Å². The van der Waals surface area contributed by atoms with Gasteiger partial charge in [0.25, 0.3) is 0 Å². The second-order valence-electron chi connectivity index (χ2n) is 4.71. The molecule has 0 bridgehead atoms. The van der Waals surface area contributed by atoms with Gasteiger partial charge in [0.2, 0.25) is 5.89 Å². The van der Waals surface area contributed by atoms with Crippen molar-refractivity contribution in [3.63, 3.8) is 0 Å². The van der Waals surface area contributed by atoms with Gasteiger partial charge in [-0.1, -0.05) is 13.8 Å². The first kappa shape index (κ1) is 15.0. The van der Waals surface area contributed by atoms with Crippen LogP contribution in [0.2, 0.25) is 0 Å². The molecule has 0 fully saturated rings. The highest BCUT2D eigenvalue weighted by Gasteiger charge is 2.20. The minimum Gasteiger partial charge on any atom is -0.480 e. The van der Waals surface area contributed by atoms with Crippen LogP contribution in [0.15, 0.2) is 10.6 Å². The summed E-state index contributed by atoms with van der Waals surface area (Å²) in [6.45, 7) is 5.66. The number of nitrogens with one attached hydrogen (secondary N) is 2. The van der Waals surface area contributed by atoms with Gasteiger partial charge in [0, 0.05) is 0 Å². The number of rotatable bonds is 6. The average molecular weight is 269 g/mol. The molecule has 19 heavy (non-hydrogen) atoms. The largest absolute Gasteiger partial charge is 0.480 e. The lowest BCUT2D eigenvalue weighted by atomic mass is 10.0. The van der Waals surface area contributed by atoms with E-state index in [2.05, 4.69) is 15.6 Å². The first-order valence-corrected chi connectivity index (χ1v) is 6.07. The Morgan fingerprint density at radius 1 is 1.47 bits per heavy atom. The van der Waals surface area contributed by atoms with Crippen molar-refractivity contribution < 1.29 is 19.1 Å². The van der Waals surface area contributed by atoms with Crippen LogP contribution in [-0.4, -0.2) is 28.1 Å². The van der Waals surface area contributed by atoms with Crippen molar-refractivity contribution in [1.82, 2.24) is 15.6 Å². The summed E-state index contributed by atoms with van der Waals surface area (Å²) in [7, 11) is 0.